The second-order valence-corrected chi connectivity index (χ2v) is 15.9. The maximum atomic E-state index is 4.84. The summed E-state index contributed by atoms with van der Waals surface area (Å²) >= 11 is 3.70. The summed E-state index contributed by atoms with van der Waals surface area (Å²) in [7, 11) is 2.10. The monoisotopic (exact) mass is 709 g/mol. The van der Waals surface area contributed by atoms with Crippen molar-refractivity contribution in [3.05, 3.63) is 111 Å². The first kappa shape index (κ1) is 36.9. The molecule has 0 aliphatic heterocycles. The van der Waals surface area contributed by atoms with Crippen molar-refractivity contribution in [2.75, 3.05) is 0 Å². The van der Waals surface area contributed by atoms with Crippen molar-refractivity contribution < 1.29 is 0 Å². The summed E-state index contributed by atoms with van der Waals surface area (Å²) in [5.74, 6) is 4.04. The van der Waals surface area contributed by atoms with Gasteiger partial charge in [0.15, 0.2) is 0 Å². The van der Waals surface area contributed by atoms with Gasteiger partial charge < -0.3 is 0 Å². The zero-order valence-electron chi connectivity index (χ0n) is 31.4. The number of hydrogen-bond acceptors (Lipinski definition) is 4. The van der Waals surface area contributed by atoms with E-state index in [1.54, 1.807) is 0 Å². The Morgan fingerprint density at radius 2 is 1.24 bits per heavy atom. The van der Waals surface area contributed by atoms with E-state index in [-0.39, 0.29) is 0 Å². The fraction of sp³-hybridized carbons (Fsp3) is 0.356. The Kier molecular flexibility index (Phi) is 12.7. The van der Waals surface area contributed by atoms with Gasteiger partial charge in [-0.05, 0) is 6.42 Å². The van der Waals surface area contributed by atoms with Gasteiger partial charge in [0.25, 0.3) is 0 Å². The minimum atomic E-state index is 0.873. The Hall–Kier alpha value is -3.87. The normalized spacial score (nSPS) is 11.5. The van der Waals surface area contributed by atoms with Gasteiger partial charge in [0, 0.05) is 0 Å². The molecule has 0 atom stereocenters. The van der Waals surface area contributed by atoms with Crippen molar-refractivity contribution in [3.63, 3.8) is 0 Å². The van der Waals surface area contributed by atoms with Crippen molar-refractivity contribution in [1.82, 2.24) is 14.8 Å². The van der Waals surface area contributed by atoms with Crippen LogP contribution in [0.5, 0.6) is 0 Å². The van der Waals surface area contributed by atoms with Gasteiger partial charge in [0.2, 0.25) is 0 Å². The van der Waals surface area contributed by atoms with Crippen LogP contribution < -0.4 is 5.46 Å². The summed E-state index contributed by atoms with van der Waals surface area (Å²) in [6, 6.07) is 24.9. The van der Waals surface area contributed by atoms with E-state index >= 15 is 0 Å². The predicted octanol–water partition coefficient (Wildman–Crippen LogP) is 12.0. The van der Waals surface area contributed by atoms with E-state index in [1.165, 1.54) is 106 Å². The van der Waals surface area contributed by atoms with Crippen molar-refractivity contribution in [1.29, 1.82) is 0 Å². The summed E-state index contributed by atoms with van der Waals surface area (Å²) < 4.78 is 2.16. The van der Waals surface area contributed by atoms with Crippen molar-refractivity contribution >= 4 is 41.0 Å². The van der Waals surface area contributed by atoms with Gasteiger partial charge in [-0.1, -0.05) is 26.2 Å². The molecule has 0 bridgehead atoms. The molecule has 0 saturated heterocycles. The van der Waals surface area contributed by atoms with Crippen LogP contribution in [0.2, 0.25) is 0 Å². The number of nitrogens with zero attached hydrogens (tertiary/aromatic N) is 3. The van der Waals surface area contributed by atoms with Gasteiger partial charge in [0.1, 0.15) is 0 Å². The molecule has 0 unspecified atom stereocenters. The first-order valence-corrected chi connectivity index (χ1v) is 20.7. The molecule has 6 rings (SSSR count). The summed E-state index contributed by atoms with van der Waals surface area (Å²) in [6.07, 6.45) is 12.5. The Labute approximate surface area is 314 Å². The van der Waals surface area contributed by atoms with Crippen LogP contribution >= 0.6 is 22.7 Å². The van der Waals surface area contributed by atoms with Gasteiger partial charge in [-0.25, -0.2) is 0 Å². The van der Waals surface area contributed by atoms with E-state index in [1.807, 2.05) is 22.7 Å². The second-order valence-electron chi connectivity index (χ2n) is 14.1. The van der Waals surface area contributed by atoms with E-state index in [0.717, 1.165) is 41.2 Å². The second kappa shape index (κ2) is 17.6. The fourth-order valence-electron chi connectivity index (χ4n) is 7.34. The number of unbranched alkanes of at least 4 members (excludes halogenated alkanes) is 6. The molecular formula is C45H52BN3S2. The molecule has 3 heterocycles. The fourth-order valence-corrected chi connectivity index (χ4v) is 9.25. The maximum absolute atomic E-state index is 4.84. The molecule has 0 radical (unpaired) electrons. The van der Waals surface area contributed by atoms with Crippen molar-refractivity contribution in [2.24, 2.45) is 7.05 Å². The third-order valence-corrected chi connectivity index (χ3v) is 12.1. The summed E-state index contributed by atoms with van der Waals surface area (Å²) in [4.78, 5) is 2.75. The molecule has 0 aliphatic carbocycles. The van der Waals surface area contributed by atoms with Crippen molar-refractivity contribution in [2.45, 2.75) is 98.8 Å². The Morgan fingerprint density at radius 1 is 0.647 bits per heavy atom. The molecule has 0 N–H and O–H groups in total. The van der Waals surface area contributed by atoms with Crippen LogP contribution in [0.15, 0.2) is 77.5 Å². The van der Waals surface area contributed by atoms with E-state index in [4.69, 9.17) is 10.2 Å². The molecule has 0 spiro atoms. The van der Waals surface area contributed by atoms with Gasteiger partial charge >= 0.3 is 284 Å². The van der Waals surface area contributed by atoms with Crippen LogP contribution in [0.3, 0.4) is 0 Å². The van der Waals surface area contributed by atoms with E-state index in [9.17, 15) is 0 Å². The number of rotatable bonds is 16. The first-order valence-electron chi connectivity index (χ1n) is 18.9. The van der Waals surface area contributed by atoms with Gasteiger partial charge in [0.05, 0.1) is 0 Å². The molecule has 262 valence electrons. The third kappa shape index (κ3) is 8.79. The Bertz CT molecular complexity index is 2070. The van der Waals surface area contributed by atoms with Crippen LogP contribution in [0.25, 0.3) is 43.7 Å². The Balaban J connectivity index is 1.36. The number of aromatic nitrogens is 3. The zero-order chi connectivity index (χ0) is 35.7. The molecule has 6 aromatic rings. The van der Waals surface area contributed by atoms with Crippen LogP contribution in [-0.2, 0) is 19.9 Å². The average molecular weight is 710 g/mol. The molecule has 3 aromatic carbocycles. The SMILES string of the molecule is CCCCCCc1ccsc1-c1cccc(-c2nnc(-c3ccc(-c4sccc4CCCCCC)cc3C=Bc3c(C)cc(C)cc3C)n2C)c1. The van der Waals surface area contributed by atoms with Gasteiger partial charge in [-0.15, -0.1) is 0 Å². The van der Waals surface area contributed by atoms with Crippen LogP contribution in [0.1, 0.15) is 98.6 Å². The number of hydrogen-bond donors (Lipinski definition) is 0. The molecule has 0 aliphatic rings. The summed E-state index contributed by atoms with van der Waals surface area (Å²) in [6.45, 7) is 13.4. The molecule has 3 nitrogen and oxygen atoms in total. The zero-order valence-corrected chi connectivity index (χ0v) is 33.0. The topological polar surface area (TPSA) is 30.7 Å². The van der Waals surface area contributed by atoms with E-state index in [2.05, 4.69) is 137 Å². The number of thiophene rings is 2. The number of benzene rings is 3. The molecule has 0 saturated carbocycles. The molecular weight excluding hydrogens is 657 g/mol. The third-order valence-electron chi connectivity index (χ3n) is 10.1. The number of aryl methyl sites for hydroxylation is 5. The molecule has 51 heavy (non-hydrogen) atoms. The first-order chi connectivity index (χ1) is 24.9. The quantitative estimate of drug-likeness (QED) is 0.0740. The van der Waals surface area contributed by atoms with Crippen LogP contribution in [0.4, 0.5) is 0 Å². The van der Waals surface area contributed by atoms with Crippen molar-refractivity contribution in [3.8, 4) is 43.7 Å². The molecule has 0 fully saturated rings. The standard InChI is InChI=1S/C45H52BN3S2/c1-7-9-11-13-16-34-22-24-50-42(34)36-18-15-19-38(28-36)44-47-48-45(49(44)6)40-21-20-37(43-35(23-25-51-43)17-14-12-10-8-2)29-39(40)30-46-41-32(4)26-31(3)27-33(41)5/h15,18-30H,7-14,16-17H2,1-6H3. The van der Waals surface area contributed by atoms with Gasteiger partial charge in [-0.3, -0.25) is 0 Å². The minimum absolute atomic E-state index is 0.873. The van der Waals surface area contributed by atoms with Crippen LogP contribution in [0, 0.1) is 20.8 Å². The molecule has 3 aromatic heterocycles. The summed E-state index contributed by atoms with van der Waals surface area (Å²) in [5, 5.41) is 14.1. The predicted molar refractivity (Wildman–Crippen MR) is 225 cm³/mol. The van der Waals surface area contributed by atoms with E-state index < -0.39 is 0 Å². The van der Waals surface area contributed by atoms with Crippen LogP contribution in [-0.4, -0.2) is 27.7 Å². The Morgan fingerprint density at radius 3 is 1.86 bits per heavy atom. The average Bonchev–Trinajstić information content (AvgIpc) is 3.88. The molecule has 0 amide bonds. The summed E-state index contributed by atoms with van der Waals surface area (Å²) in [5.41, 5.74) is 13.9. The molecule has 6 heteroatoms. The van der Waals surface area contributed by atoms with Gasteiger partial charge in [-0.2, -0.15) is 0 Å². The van der Waals surface area contributed by atoms with E-state index in [0.29, 0.717) is 0 Å².